The van der Waals surface area contributed by atoms with Crippen LogP contribution in [0.25, 0.3) is 33.3 Å². The van der Waals surface area contributed by atoms with Gasteiger partial charge in [-0.2, -0.15) is 0 Å². The summed E-state index contributed by atoms with van der Waals surface area (Å²) in [4.78, 5) is 36.1. The molecule has 0 saturated carbocycles. The maximum atomic E-state index is 12.5. The lowest BCUT2D eigenvalue weighted by atomic mass is 9.93. The molecule has 1 amide bonds. The zero-order chi connectivity index (χ0) is 28.6. The Balaban J connectivity index is 1.50. The number of nitrogens with zero attached hydrogens (tertiary/aromatic N) is 4. The van der Waals surface area contributed by atoms with Crippen LogP contribution in [0.4, 0.5) is 4.79 Å². The number of aromatic nitrogens is 3. The smallest absolute Gasteiger partial charge is 0.410 e. The number of amides is 1. The number of carbonyl (C=O) groups is 2. The summed E-state index contributed by atoms with van der Waals surface area (Å²) in [5.41, 5.74) is 3.65. The van der Waals surface area contributed by atoms with E-state index >= 15 is 0 Å². The molecule has 0 bridgehead atoms. The maximum absolute atomic E-state index is 12.5. The minimum atomic E-state index is -0.505. The second-order valence-corrected chi connectivity index (χ2v) is 11.9. The van der Waals surface area contributed by atoms with E-state index in [4.69, 9.17) is 31.0 Å². The largest absolute Gasteiger partial charge is 0.444 e. The number of pyridine rings is 1. The van der Waals surface area contributed by atoms with Crippen LogP contribution in [-0.2, 0) is 16.1 Å². The fourth-order valence-corrected chi connectivity index (χ4v) is 5.54. The van der Waals surface area contributed by atoms with E-state index in [-0.39, 0.29) is 12.1 Å². The van der Waals surface area contributed by atoms with Gasteiger partial charge < -0.3 is 18.9 Å². The Hall–Kier alpha value is -3.65. The van der Waals surface area contributed by atoms with Crippen molar-refractivity contribution in [2.75, 3.05) is 13.1 Å². The molecule has 0 aliphatic carbocycles. The summed E-state index contributed by atoms with van der Waals surface area (Å²) in [5.74, 6) is 1.25. The first-order chi connectivity index (χ1) is 19.0. The number of rotatable bonds is 5. The molecular formula is C31H35ClN4O4. The number of piperidine rings is 1. The molecule has 3 heterocycles. The summed E-state index contributed by atoms with van der Waals surface area (Å²) in [7, 11) is 0. The molecule has 0 atom stereocenters. The highest BCUT2D eigenvalue weighted by Crippen LogP contribution is 2.37. The maximum Gasteiger partial charge on any atom is 0.410 e. The average molecular weight is 563 g/mol. The van der Waals surface area contributed by atoms with Crippen LogP contribution in [0.2, 0.25) is 5.02 Å². The Morgan fingerprint density at radius 1 is 1.07 bits per heavy atom. The zero-order valence-electron chi connectivity index (χ0n) is 23.7. The average Bonchev–Trinajstić information content (AvgIpc) is 3.27. The molecule has 40 heavy (non-hydrogen) atoms. The lowest BCUT2D eigenvalue weighted by molar-refractivity contribution is -0.131. The third-order valence-electron chi connectivity index (χ3n) is 7.22. The number of hydrogen-bond acceptors (Lipinski definition) is 6. The van der Waals surface area contributed by atoms with Crippen molar-refractivity contribution in [1.29, 1.82) is 0 Å². The Kier molecular flexibility index (Phi) is 7.73. The van der Waals surface area contributed by atoms with Crippen molar-refractivity contribution in [1.82, 2.24) is 19.4 Å². The van der Waals surface area contributed by atoms with Crippen LogP contribution < -0.4 is 4.74 Å². The van der Waals surface area contributed by atoms with E-state index in [1.54, 1.807) is 11.0 Å². The van der Waals surface area contributed by atoms with Crippen LogP contribution in [0.3, 0.4) is 0 Å². The molecule has 1 aliphatic heterocycles. The topological polar surface area (TPSA) is 86.5 Å². The quantitative estimate of drug-likeness (QED) is 0.189. The minimum Gasteiger partial charge on any atom is -0.444 e. The van der Waals surface area contributed by atoms with Crippen LogP contribution in [0, 0.1) is 12.8 Å². The number of hydrogen-bond donors (Lipinski definition) is 0. The van der Waals surface area contributed by atoms with Crippen molar-refractivity contribution in [2.24, 2.45) is 5.92 Å². The number of ether oxygens (including phenoxy) is 2. The Bertz CT molecular complexity index is 1580. The molecule has 9 heteroatoms. The van der Waals surface area contributed by atoms with Crippen molar-refractivity contribution in [3.05, 3.63) is 53.2 Å². The molecule has 1 saturated heterocycles. The Morgan fingerprint density at radius 3 is 2.50 bits per heavy atom. The highest BCUT2D eigenvalue weighted by Gasteiger charge is 2.28. The summed E-state index contributed by atoms with van der Waals surface area (Å²) in [5, 5.41) is 1.59. The standard InChI is InChI=1S/C31H35ClN4O4/c1-19-27-28(23-11-10-22(32)18-25(23)33-19)36(29(34-27)24-8-6-7-9-26(24)39-20(2)37)17-14-21-12-15-35(16-13-21)30(38)40-31(3,4)5/h6-11,18,21H,12-17H2,1-5H3. The van der Waals surface area contributed by atoms with Gasteiger partial charge in [-0.1, -0.05) is 23.7 Å². The summed E-state index contributed by atoms with van der Waals surface area (Å²) in [6, 6.07) is 13.2. The first kappa shape index (κ1) is 27.9. The van der Waals surface area contributed by atoms with Gasteiger partial charge in [0.1, 0.15) is 22.7 Å². The fourth-order valence-electron chi connectivity index (χ4n) is 5.37. The number of imidazole rings is 1. The molecular weight excluding hydrogens is 528 g/mol. The fraction of sp³-hybridized carbons (Fsp3) is 0.419. The van der Waals surface area contributed by atoms with Gasteiger partial charge in [0.15, 0.2) is 0 Å². The van der Waals surface area contributed by atoms with Crippen LogP contribution in [-0.4, -0.2) is 50.2 Å². The number of likely N-dealkylation sites (tertiary alicyclic amines) is 1. The van der Waals surface area contributed by atoms with E-state index in [2.05, 4.69) is 4.57 Å². The lowest BCUT2D eigenvalue weighted by Crippen LogP contribution is -2.41. The monoisotopic (exact) mass is 562 g/mol. The van der Waals surface area contributed by atoms with Crippen molar-refractivity contribution in [3.63, 3.8) is 0 Å². The van der Waals surface area contributed by atoms with Crippen molar-refractivity contribution in [3.8, 4) is 17.1 Å². The second-order valence-electron chi connectivity index (χ2n) is 11.4. The van der Waals surface area contributed by atoms with Gasteiger partial charge in [0, 0.05) is 37.0 Å². The van der Waals surface area contributed by atoms with Crippen LogP contribution in [0.1, 0.15) is 52.7 Å². The number of fused-ring (bicyclic) bond motifs is 3. The summed E-state index contributed by atoms with van der Waals surface area (Å²) >= 11 is 6.32. The highest BCUT2D eigenvalue weighted by molar-refractivity contribution is 6.31. The van der Waals surface area contributed by atoms with Crippen molar-refractivity contribution < 1.29 is 19.1 Å². The van der Waals surface area contributed by atoms with Gasteiger partial charge in [-0.15, -0.1) is 0 Å². The molecule has 0 radical (unpaired) electrons. The van der Waals surface area contributed by atoms with E-state index in [1.807, 2.05) is 64.1 Å². The van der Waals surface area contributed by atoms with Gasteiger partial charge >= 0.3 is 12.1 Å². The van der Waals surface area contributed by atoms with E-state index < -0.39 is 5.60 Å². The predicted octanol–water partition coefficient (Wildman–Crippen LogP) is 7.18. The number of para-hydroxylation sites is 1. The molecule has 0 spiro atoms. The van der Waals surface area contributed by atoms with E-state index in [0.29, 0.717) is 36.3 Å². The second kappa shape index (κ2) is 11.1. The first-order valence-electron chi connectivity index (χ1n) is 13.7. The van der Waals surface area contributed by atoms with Gasteiger partial charge in [0.2, 0.25) is 0 Å². The first-order valence-corrected chi connectivity index (χ1v) is 14.1. The third kappa shape index (κ3) is 5.92. The summed E-state index contributed by atoms with van der Waals surface area (Å²) in [6.45, 7) is 11.1. The van der Waals surface area contributed by atoms with Crippen LogP contribution >= 0.6 is 11.6 Å². The highest BCUT2D eigenvalue weighted by atomic mass is 35.5. The molecule has 1 fully saturated rings. The molecule has 2 aromatic carbocycles. The predicted molar refractivity (Wildman–Crippen MR) is 157 cm³/mol. The molecule has 5 rings (SSSR count). The SMILES string of the molecule is CC(=O)Oc1ccccc1-c1nc2c(C)nc3cc(Cl)ccc3c2n1CCC1CCN(C(=O)OC(C)(C)C)CC1. The third-order valence-corrected chi connectivity index (χ3v) is 7.46. The van der Waals surface area contributed by atoms with Gasteiger partial charge in [-0.3, -0.25) is 9.78 Å². The lowest BCUT2D eigenvalue weighted by Gasteiger charge is -2.33. The molecule has 1 aliphatic rings. The van der Waals surface area contributed by atoms with E-state index in [9.17, 15) is 9.59 Å². The van der Waals surface area contributed by atoms with Gasteiger partial charge in [-0.25, -0.2) is 9.78 Å². The normalized spacial score (nSPS) is 14.6. The zero-order valence-corrected chi connectivity index (χ0v) is 24.4. The molecule has 210 valence electrons. The number of aryl methyl sites for hydroxylation is 2. The Labute approximate surface area is 239 Å². The minimum absolute atomic E-state index is 0.246. The van der Waals surface area contributed by atoms with E-state index in [0.717, 1.165) is 58.3 Å². The van der Waals surface area contributed by atoms with Crippen molar-refractivity contribution in [2.45, 2.75) is 66.0 Å². The van der Waals surface area contributed by atoms with Gasteiger partial charge in [-0.05, 0) is 83.2 Å². The van der Waals surface area contributed by atoms with E-state index in [1.165, 1.54) is 6.92 Å². The Morgan fingerprint density at radius 2 is 1.80 bits per heavy atom. The number of carbonyl (C=O) groups excluding carboxylic acids is 2. The number of halogens is 1. The molecule has 4 aromatic rings. The number of esters is 1. The molecule has 8 nitrogen and oxygen atoms in total. The summed E-state index contributed by atoms with van der Waals surface area (Å²) in [6.07, 6.45) is 2.47. The van der Waals surface area contributed by atoms with Crippen molar-refractivity contribution >= 4 is 45.6 Å². The molecule has 0 N–H and O–H groups in total. The summed E-state index contributed by atoms with van der Waals surface area (Å²) < 4.78 is 13.4. The van der Waals surface area contributed by atoms with Crippen LogP contribution in [0.15, 0.2) is 42.5 Å². The van der Waals surface area contributed by atoms with Gasteiger partial charge in [0.05, 0.1) is 22.3 Å². The van der Waals surface area contributed by atoms with Gasteiger partial charge in [0.25, 0.3) is 0 Å². The number of benzene rings is 2. The molecule has 0 unspecified atom stereocenters. The molecule has 2 aromatic heterocycles. The van der Waals surface area contributed by atoms with Crippen LogP contribution in [0.5, 0.6) is 5.75 Å².